The Bertz CT molecular complexity index is 742. The molecule has 1 fully saturated rings. The molecular formula is C22H23NO. The summed E-state index contributed by atoms with van der Waals surface area (Å²) in [5, 5.41) is 0. The highest BCUT2D eigenvalue weighted by Crippen LogP contribution is 2.22. The van der Waals surface area contributed by atoms with Gasteiger partial charge in [-0.15, -0.1) is 0 Å². The highest BCUT2D eigenvalue weighted by molar-refractivity contribution is 5.63. The molecule has 1 aliphatic heterocycles. The maximum atomic E-state index is 5.79. The highest BCUT2D eigenvalue weighted by atomic mass is 16.5. The molecule has 2 aromatic rings. The fourth-order valence-electron chi connectivity index (χ4n) is 2.99. The van der Waals surface area contributed by atoms with Crippen LogP contribution in [0, 0.1) is 11.8 Å². The van der Waals surface area contributed by atoms with E-state index in [1.165, 1.54) is 0 Å². The SMILES string of the molecule is C=C(c1ccc(C#Cc2ccccc2)cc1)N1CC(C)OC(C)C1. The molecule has 0 amide bonds. The van der Waals surface area contributed by atoms with Crippen molar-refractivity contribution in [2.75, 3.05) is 13.1 Å². The smallest absolute Gasteiger partial charge is 0.0726 e. The number of hydrogen-bond acceptors (Lipinski definition) is 2. The number of nitrogens with zero attached hydrogens (tertiary/aromatic N) is 1. The van der Waals surface area contributed by atoms with E-state index in [4.69, 9.17) is 4.74 Å². The summed E-state index contributed by atoms with van der Waals surface area (Å²) in [7, 11) is 0. The van der Waals surface area contributed by atoms with Crippen molar-refractivity contribution in [3.05, 3.63) is 77.9 Å². The Labute approximate surface area is 144 Å². The molecule has 0 aromatic heterocycles. The van der Waals surface area contributed by atoms with Crippen LogP contribution >= 0.6 is 0 Å². The Morgan fingerprint density at radius 3 is 2.04 bits per heavy atom. The van der Waals surface area contributed by atoms with Crippen LogP contribution in [0.5, 0.6) is 0 Å². The van der Waals surface area contributed by atoms with Gasteiger partial charge in [-0.1, -0.05) is 48.8 Å². The van der Waals surface area contributed by atoms with Gasteiger partial charge in [-0.2, -0.15) is 0 Å². The molecule has 0 spiro atoms. The molecule has 1 saturated heterocycles. The van der Waals surface area contributed by atoms with E-state index in [9.17, 15) is 0 Å². The predicted octanol–water partition coefficient (Wildman–Crippen LogP) is 4.17. The zero-order chi connectivity index (χ0) is 16.9. The van der Waals surface area contributed by atoms with Gasteiger partial charge in [0.15, 0.2) is 0 Å². The monoisotopic (exact) mass is 317 g/mol. The van der Waals surface area contributed by atoms with Crippen LogP contribution in [0.15, 0.2) is 61.2 Å². The average molecular weight is 317 g/mol. The van der Waals surface area contributed by atoms with Crippen LogP contribution in [0.4, 0.5) is 0 Å². The molecule has 0 radical (unpaired) electrons. The Morgan fingerprint density at radius 1 is 0.917 bits per heavy atom. The third-order valence-corrected chi connectivity index (χ3v) is 4.14. The molecule has 2 unspecified atom stereocenters. The summed E-state index contributed by atoms with van der Waals surface area (Å²) in [4.78, 5) is 2.31. The third kappa shape index (κ3) is 4.07. The van der Waals surface area contributed by atoms with E-state index in [1.54, 1.807) is 0 Å². The summed E-state index contributed by atoms with van der Waals surface area (Å²) >= 11 is 0. The van der Waals surface area contributed by atoms with Gasteiger partial charge in [0.2, 0.25) is 0 Å². The van der Waals surface area contributed by atoms with Gasteiger partial charge < -0.3 is 9.64 Å². The lowest BCUT2D eigenvalue weighted by molar-refractivity contribution is -0.0508. The van der Waals surface area contributed by atoms with Crippen molar-refractivity contribution in [1.82, 2.24) is 4.90 Å². The second-order valence-electron chi connectivity index (χ2n) is 6.30. The van der Waals surface area contributed by atoms with E-state index in [1.807, 2.05) is 30.3 Å². The number of morpholine rings is 1. The first-order valence-corrected chi connectivity index (χ1v) is 8.38. The van der Waals surface area contributed by atoms with Crippen LogP contribution in [-0.4, -0.2) is 30.2 Å². The van der Waals surface area contributed by atoms with E-state index in [2.05, 4.69) is 61.4 Å². The lowest BCUT2D eigenvalue weighted by Crippen LogP contribution is -2.44. The minimum Gasteiger partial charge on any atom is -0.372 e. The summed E-state index contributed by atoms with van der Waals surface area (Å²) < 4.78 is 5.79. The van der Waals surface area contributed by atoms with Gasteiger partial charge in [0.05, 0.1) is 12.2 Å². The fourth-order valence-corrected chi connectivity index (χ4v) is 2.99. The van der Waals surface area contributed by atoms with Crippen molar-refractivity contribution in [3.63, 3.8) is 0 Å². The minimum absolute atomic E-state index is 0.238. The second kappa shape index (κ2) is 7.38. The van der Waals surface area contributed by atoms with E-state index < -0.39 is 0 Å². The van der Waals surface area contributed by atoms with Gasteiger partial charge in [0, 0.05) is 29.9 Å². The summed E-state index contributed by atoms with van der Waals surface area (Å²) in [5.74, 6) is 6.39. The largest absolute Gasteiger partial charge is 0.372 e. The molecule has 2 atom stereocenters. The highest BCUT2D eigenvalue weighted by Gasteiger charge is 2.23. The lowest BCUT2D eigenvalue weighted by Gasteiger charge is -2.38. The molecular weight excluding hydrogens is 294 g/mol. The van der Waals surface area contributed by atoms with Crippen molar-refractivity contribution in [1.29, 1.82) is 0 Å². The van der Waals surface area contributed by atoms with Gasteiger partial charge >= 0.3 is 0 Å². The Kier molecular flexibility index (Phi) is 5.03. The van der Waals surface area contributed by atoms with Crippen molar-refractivity contribution in [3.8, 4) is 11.8 Å². The summed E-state index contributed by atoms with van der Waals surface area (Å²) in [5.41, 5.74) is 4.24. The first kappa shape index (κ1) is 16.4. The number of ether oxygens (including phenoxy) is 1. The average Bonchev–Trinajstić information content (AvgIpc) is 2.60. The predicted molar refractivity (Wildman–Crippen MR) is 99.5 cm³/mol. The summed E-state index contributed by atoms with van der Waals surface area (Å²) in [6, 6.07) is 18.4. The van der Waals surface area contributed by atoms with Gasteiger partial charge in [-0.25, -0.2) is 0 Å². The molecule has 0 saturated carbocycles. The molecule has 3 rings (SSSR count). The molecule has 2 nitrogen and oxygen atoms in total. The van der Waals surface area contributed by atoms with E-state index in [0.29, 0.717) is 0 Å². The minimum atomic E-state index is 0.238. The molecule has 1 aliphatic rings. The molecule has 122 valence electrons. The third-order valence-electron chi connectivity index (χ3n) is 4.14. The summed E-state index contributed by atoms with van der Waals surface area (Å²) in [6.07, 6.45) is 0.475. The molecule has 0 aliphatic carbocycles. The van der Waals surface area contributed by atoms with Crippen molar-refractivity contribution < 1.29 is 4.74 Å². The zero-order valence-electron chi connectivity index (χ0n) is 14.3. The number of benzene rings is 2. The first-order valence-electron chi connectivity index (χ1n) is 8.38. The quantitative estimate of drug-likeness (QED) is 0.771. The molecule has 2 aromatic carbocycles. The lowest BCUT2D eigenvalue weighted by atomic mass is 10.1. The van der Waals surface area contributed by atoms with Crippen LogP contribution in [0.3, 0.4) is 0 Å². The molecule has 2 heteroatoms. The standard InChI is InChI=1S/C22H23NO/c1-17-15-23(16-18(2)24-17)19(3)22-13-11-21(12-14-22)10-9-20-7-5-4-6-8-20/h4-8,11-14,17-18H,3,15-16H2,1-2H3. The fraction of sp³-hybridized carbons (Fsp3) is 0.273. The summed E-state index contributed by atoms with van der Waals surface area (Å²) in [6.45, 7) is 10.3. The van der Waals surface area contributed by atoms with Crippen molar-refractivity contribution in [2.24, 2.45) is 0 Å². The van der Waals surface area contributed by atoms with Crippen LogP contribution < -0.4 is 0 Å². The van der Waals surface area contributed by atoms with E-state index in [0.717, 1.165) is 35.5 Å². The molecule has 0 N–H and O–H groups in total. The topological polar surface area (TPSA) is 12.5 Å². The van der Waals surface area contributed by atoms with Crippen molar-refractivity contribution >= 4 is 5.70 Å². The Morgan fingerprint density at radius 2 is 1.46 bits per heavy atom. The van der Waals surface area contributed by atoms with E-state index in [-0.39, 0.29) is 12.2 Å². The van der Waals surface area contributed by atoms with Gasteiger partial charge in [-0.3, -0.25) is 0 Å². The maximum Gasteiger partial charge on any atom is 0.0726 e. The molecule has 1 heterocycles. The maximum absolute atomic E-state index is 5.79. The zero-order valence-corrected chi connectivity index (χ0v) is 14.3. The normalized spacial score (nSPS) is 20.2. The van der Waals surface area contributed by atoms with Gasteiger partial charge in [0.1, 0.15) is 0 Å². The number of hydrogen-bond donors (Lipinski definition) is 0. The van der Waals surface area contributed by atoms with Crippen LogP contribution in [-0.2, 0) is 4.74 Å². The van der Waals surface area contributed by atoms with Gasteiger partial charge in [-0.05, 0) is 43.7 Å². The first-order chi connectivity index (χ1) is 11.6. The van der Waals surface area contributed by atoms with Crippen molar-refractivity contribution in [2.45, 2.75) is 26.1 Å². The van der Waals surface area contributed by atoms with Gasteiger partial charge in [0.25, 0.3) is 0 Å². The second-order valence-corrected chi connectivity index (χ2v) is 6.30. The van der Waals surface area contributed by atoms with E-state index >= 15 is 0 Å². The van der Waals surface area contributed by atoms with Crippen LogP contribution in [0.1, 0.15) is 30.5 Å². The van der Waals surface area contributed by atoms with Crippen LogP contribution in [0.25, 0.3) is 5.70 Å². The molecule has 24 heavy (non-hydrogen) atoms. The van der Waals surface area contributed by atoms with Crippen LogP contribution in [0.2, 0.25) is 0 Å². The Balaban J connectivity index is 1.70. The molecule has 0 bridgehead atoms. The number of rotatable bonds is 2. The Hall–Kier alpha value is -2.50.